The van der Waals surface area contributed by atoms with Crippen molar-refractivity contribution in [3.63, 3.8) is 0 Å². The third kappa shape index (κ3) is 3.79. The maximum absolute atomic E-state index is 13.1. The van der Waals surface area contributed by atoms with Crippen LogP contribution in [0.4, 0.5) is 0 Å². The quantitative estimate of drug-likeness (QED) is 0.459. The first kappa shape index (κ1) is 23.0. The summed E-state index contributed by atoms with van der Waals surface area (Å²) in [5.41, 5.74) is 13.4. The van der Waals surface area contributed by atoms with Crippen LogP contribution in [0.1, 0.15) is 40.5 Å². The van der Waals surface area contributed by atoms with Crippen LogP contribution in [0.25, 0.3) is 0 Å². The van der Waals surface area contributed by atoms with Crippen LogP contribution in [0.2, 0.25) is 0 Å². The fraction of sp³-hybridized carbons (Fsp3) is 0.875. The van der Waals surface area contributed by atoms with Crippen LogP contribution in [0.5, 0.6) is 0 Å². The molecule has 2 aliphatic rings. The third-order valence-corrected chi connectivity index (χ3v) is 10.8. The predicted octanol–water partition coefficient (Wildman–Crippen LogP) is 1.03. The Morgan fingerprint density at radius 2 is 1.15 bits per heavy atom. The molecule has 2 unspecified atom stereocenters. The Kier molecular flexibility index (Phi) is 6.39. The van der Waals surface area contributed by atoms with Gasteiger partial charge in [-0.05, 0) is 36.9 Å². The standard InChI is InChI=1S/C16H30N2O6S2Si/c1-13(2)21-11(19)15(17,7-9-25-5)27(23-13)16(18,8-10-26-6)12(20)22-14(3,4)24-27/h7-10,17-18H2,1-6H3. The molecule has 0 saturated carbocycles. The van der Waals surface area contributed by atoms with Crippen molar-refractivity contribution in [2.24, 2.45) is 11.5 Å². The van der Waals surface area contributed by atoms with Gasteiger partial charge in [0, 0.05) is 27.7 Å². The number of hydrogen-bond donors (Lipinski definition) is 2. The molecule has 2 aliphatic heterocycles. The van der Waals surface area contributed by atoms with Gasteiger partial charge in [-0.1, -0.05) is 0 Å². The van der Waals surface area contributed by atoms with Crippen molar-refractivity contribution in [3.8, 4) is 0 Å². The molecule has 0 bridgehead atoms. The smallest absolute Gasteiger partial charge is 0.408 e. The van der Waals surface area contributed by atoms with Crippen LogP contribution in [-0.2, 0) is 27.9 Å². The summed E-state index contributed by atoms with van der Waals surface area (Å²) in [6, 6.07) is 0. The molecule has 2 saturated heterocycles. The average molecular weight is 439 g/mol. The lowest BCUT2D eigenvalue weighted by molar-refractivity contribution is -0.250. The second-order valence-electron chi connectivity index (χ2n) is 7.83. The molecule has 2 atom stereocenters. The third-order valence-electron chi connectivity index (χ3n) is 4.76. The molecule has 0 amide bonds. The van der Waals surface area contributed by atoms with Crippen LogP contribution >= 0.6 is 23.5 Å². The Hall–Kier alpha value is -0.303. The van der Waals surface area contributed by atoms with Gasteiger partial charge in [-0.3, -0.25) is 9.59 Å². The van der Waals surface area contributed by atoms with Crippen molar-refractivity contribution in [3.05, 3.63) is 0 Å². The molecule has 0 radical (unpaired) electrons. The van der Waals surface area contributed by atoms with E-state index in [9.17, 15) is 9.59 Å². The van der Waals surface area contributed by atoms with Gasteiger partial charge < -0.3 is 29.8 Å². The number of carbonyl (C=O) groups excluding carboxylic acids is 2. The number of carbonyl (C=O) groups is 2. The van der Waals surface area contributed by atoms with Gasteiger partial charge in [0.2, 0.25) is 11.6 Å². The van der Waals surface area contributed by atoms with Gasteiger partial charge in [-0.25, -0.2) is 0 Å². The molecule has 2 fully saturated rings. The SMILES string of the molecule is CSCCC1(N)C(=O)OC(C)(C)O[Si]12OC(C)(C)OC(=O)C2(N)CCSC. The number of nitrogens with two attached hydrogens (primary N) is 2. The van der Waals surface area contributed by atoms with Gasteiger partial charge in [0.1, 0.15) is 0 Å². The van der Waals surface area contributed by atoms with Crippen molar-refractivity contribution in [2.75, 3.05) is 24.0 Å². The van der Waals surface area contributed by atoms with E-state index in [1.54, 1.807) is 27.7 Å². The molecule has 2 rings (SSSR count). The van der Waals surface area contributed by atoms with E-state index in [0.717, 1.165) is 0 Å². The molecule has 156 valence electrons. The normalized spacial score (nSPS) is 37.8. The molecule has 27 heavy (non-hydrogen) atoms. The van der Waals surface area contributed by atoms with Gasteiger partial charge in [-0.15, -0.1) is 0 Å². The van der Waals surface area contributed by atoms with E-state index in [1.807, 2.05) is 12.5 Å². The van der Waals surface area contributed by atoms with Crippen LogP contribution in [0.3, 0.4) is 0 Å². The Labute approximate surface area is 170 Å². The first-order chi connectivity index (χ1) is 12.3. The molecule has 1 spiro atoms. The summed E-state index contributed by atoms with van der Waals surface area (Å²) in [7, 11) is -3.97. The number of rotatable bonds is 6. The lowest BCUT2D eigenvalue weighted by atomic mass is 10.2. The molecule has 8 nitrogen and oxygen atoms in total. The van der Waals surface area contributed by atoms with E-state index in [0.29, 0.717) is 11.5 Å². The van der Waals surface area contributed by atoms with Crippen molar-refractivity contribution >= 4 is 44.0 Å². The van der Waals surface area contributed by atoms with Crippen LogP contribution < -0.4 is 11.5 Å². The van der Waals surface area contributed by atoms with E-state index < -0.39 is 42.4 Å². The lowest BCUT2D eigenvalue weighted by Gasteiger charge is -2.60. The van der Waals surface area contributed by atoms with E-state index in [1.165, 1.54) is 23.5 Å². The molecular weight excluding hydrogens is 408 g/mol. The summed E-state index contributed by atoms with van der Waals surface area (Å²) in [6.45, 7) is 6.39. The van der Waals surface area contributed by atoms with E-state index >= 15 is 0 Å². The summed E-state index contributed by atoms with van der Waals surface area (Å²) in [6.07, 6.45) is 4.24. The van der Waals surface area contributed by atoms with E-state index in [-0.39, 0.29) is 12.8 Å². The van der Waals surface area contributed by atoms with Crippen molar-refractivity contribution in [1.82, 2.24) is 0 Å². The van der Waals surface area contributed by atoms with Gasteiger partial charge in [-0.2, -0.15) is 23.5 Å². The highest BCUT2D eigenvalue weighted by Crippen LogP contribution is 2.48. The summed E-state index contributed by atoms with van der Waals surface area (Å²) in [5.74, 6) is -2.82. The molecule has 11 heteroatoms. The molecule has 0 aromatic rings. The Morgan fingerprint density at radius 1 is 0.815 bits per heavy atom. The number of ether oxygens (including phenoxy) is 2. The Balaban J connectivity index is 2.72. The number of hydrogen-bond acceptors (Lipinski definition) is 10. The second kappa shape index (κ2) is 7.51. The van der Waals surface area contributed by atoms with Crippen LogP contribution in [-0.4, -0.2) is 66.4 Å². The summed E-state index contributed by atoms with van der Waals surface area (Å²) >= 11 is 3.05. The predicted molar refractivity (Wildman–Crippen MR) is 108 cm³/mol. The molecule has 0 aromatic carbocycles. The maximum Gasteiger partial charge on any atom is 0.408 e. The van der Waals surface area contributed by atoms with Crippen molar-refractivity contribution in [1.29, 1.82) is 0 Å². The largest absolute Gasteiger partial charge is 0.433 e. The molecular formula is C16H30N2O6S2Si. The summed E-state index contributed by atoms with van der Waals surface area (Å²) < 4.78 is 23.5. The summed E-state index contributed by atoms with van der Waals surface area (Å²) in [5, 5.41) is -3.29. The van der Waals surface area contributed by atoms with E-state index in [2.05, 4.69) is 0 Å². The van der Waals surface area contributed by atoms with Gasteiger partial charge >= 0.3 is 20.5 Å². The minimum atomic E-state index is -3.97. The van der Waals surface area contributed by atoms with Crippen molar-refractivity contribution < 1.29 is 27.9 Å². The summed E-state index contributed by atoms with van der Waals surface area (Å²) in [4.78, 5) is 26.2. The number of esters is 2. The zero-order valence-corrected chi connectivity index (χ0v) is 19.4. The first-order valence-corrected chi connectivity index (χ1v) is 13.3. The number of thioether (sulfide) groups is 2. The minimum Gasteiger partial charge on any atom is -0.433 e. The topological polar surface area (TPSA) is 123 Å². The second-order valence-corrected chi connectivity index (χ2v) is 13.2. The maximum atomic E-state index is 13.1. The highest BCUT2D eigenvalue weighted by Gasteiger charge is 2.81. The minimum absolute atomic E-state index is 0.219. The van der Waals surface area contributed by atoms with Crippen LogP contribution in [0, 0.1) is 0 Å². The van der Waals surface area contributed by atoms with Crippen LogP contribution in [0.15, 0.2) is 0 Å². The molecule has 2 heterocycles. The van der Waals surface area contributed by atoms with Gasteiger partial charge in [0.25, 0.3) is 0 Å². The van der Waals surface area contributed by atoms with Gasteiger partial charge in [0.05, 0.1) is 0 Å². The fourth-order valence-electron chi connectivity index (χ4n) is 3.47. The zero-order chi connectivity index (χ0) is 20.7. The Morgan fingerprint density at radius 3 is 1.44 bits per heavy atom. The molecule has 0 aromatic heterocycles. The highest BCUT2D eigenvalue weighted by molar-refractivity contribution is 7.98. The van der Waals surface area contributed by atoms with Gasteiger partial charge in [0.15, 0.2) is 10.3 Å². The van der Waals surface area contributed by atoms with E-state index in [4.69, 9.17) is 29.8 Å². The molecule has 4 N–H and O–H groups in total. The number of cyclic esters (lactones) is 2. The zero-order valence-electron chi connectivity index (χ0n) is 16.7. The lowest BCUT2D eigenvalue weighted by Crippen LogP contribution is -2.92. The fourth-order valence-corrected chi connectivity index (χ4v) is 9.47. The monoisotopic (exact) mass is 438 g/mol. The Bertz CT molecular complexity index is 568. The first-order valence-electron chi connectivity index (χ1n) is 8.72. The average Bonchev–Trinajstić information content (AvgIpc) is 2.52. The molecule has 0 aliphatic carbocycles. The highest BCUT2D eigenvalue weighted by atomic mass is 32.2. The van der Waals surface area contributed by atoms with Crippen molar-refractivity contribution in [2.45, 2.75) is 62.4 Å².